The zero-order valence-corrected chi connectivity index (χ0v) is 21.4. The Balaban J connectivity index is 1.82. The van der Waals surface area contributed by atoms with Crippen LogP contribution in [0.3, 0.4) is 0 Å². The Labute approximate surface area is 211 Å². The molecule has 1 aliphatic heterocycles. The first-order valence-electron chi connectivity index (χ1n) is 11.7. The van der Waals surface area contributed by atoms with Gasteiger partial charge in [0, 0.05) is 31.1 Å². The molecule has 1 atom stereocenters. The fourth-order valence-corrected chi connectivity index (χ4v) is 5.79. The fourth-order valence-electron chi connectivity index (χ4n) is 4.03. The topological polar surface area (TPSA) is 104 Å². The number of nitrogens with one attached hydrogen (secondary N) is 1. The van der Waals surface area contributed by atoms with Crippen LogP contribution in [0.2, 0.25) is 5.02 Å². The number of carbonyl (C=O) groups excluding carboxylic acids is 3. The molecule has 10 heteroatoms. The van der Waals surface area contributed by atoms with Gasteiger partial charge in [-0.3, -0.25) is 14.4 Å². The maximum absolute atomic E-state index is 13.4. The molecule has 2 aromatic rings. The first-order chi connectivity index (χ1) is 16.7. The van der Waals surface area contributed by atoms with Gasteiger partial charge in [-0.05, 0) is 36.6 Å². The lowest BCUT2D eigenvalue weighted by Gasteiger charge is -2.31. The lowest BCUT2D eigenvalue weighted by molar-refractivity contribution is -0.141. The third-order valence-electron chi connectivity index (χ3n) is 5.95. The van der Waals surface area contributed by atoms with Crippen molar-refractivity contribution in [3.63, 3.8) is 0 Å². The van der Waals surface area contributed by atoms with Crippen LogP contribution in [0.15, 0.2) is 53.4 Å². The molecule has 0 fully saturated rings. The largest absolute Gasteiger partial charge is 0.354 e. The van der Waals surface area contributed by atoms with Crippen LogP contribution >= 0.6 is 11.6 Å². The molecule has 3 amide bonds. The van der Waals surface area contributed by atoms with E-state index in [1.54, 1.807) is 36.4 Å². The summed E-state index contributed by atoms with van der Waals surface area (Å²) >= 11 is 6.32. The average Bonchev–Trinajstić information content (AvgIpc) is 3.03. The van der Waals surface area contributed by atoms with Crippen molar-refractivity contribution in [1.82, 2.24) is 14.5 Å². The molecule has 188 valence electrons. The van der Waals surface area contributed by atoms with Gasteiger partial charge >= 0.3 is 0 Å². The Morgan fingerprint density at radius 1 is 1.09 bits per heavy atom. The van der Waals surface area contributed by atoms with Gasteiger partial charge in [0.25, 0.3) is 15.9 Å². The lowest BCUT2D eigenvalue weighted by Crippen LogP contribution is -2.49. The molecule has 2 aromatic carbocycles. The predicted octanol–water partition coefficient (Wildman–Crippen LogP) is 3.60. The van der Waals surface area contributed by atoms with E-state index in [1.807, 2.05) is 13.8 Å². The molecule has 3 rings (SSSR count). The van der Waals surface area contributed by atoms with Crippen molar-refractivity contribution in [2.45, 2.75) is 57.0 Å². The zero-order chi connectivity index (χ0) is 25.6. The first-order valence-corrected chi connectivity index (χ1v) is 13.5. The highest BCUT2D eigenvalue weighted by Gasteiger charge is 2.41. The molecule has 0 aliphatic carbocycles. The number of carbonyl (C=O) groups is 3. The third kappa shape index (κ3) is 5.85. The summed E-state index contributed by atoms with van der Waals surface area (Å²) in [4.78, 5) is 40.4. The maximum atomic E-state index is 13.4. The average molecular weight is 520 g/mol. The van der Waals surface area contributed by atoms with Gasteiger partial charge in [0.1, 0.15) is 10.9 Å². The van der Waals surface area contributed by atoms with Crippen LogP contribution in [0.4, 0.5) is 0 Å². The van der Waals surface area contributed by atoms with Gasteiger partial charge in [0.15, 0.2) is 0 Å². The van der Waals surface area contributed by atoms with E-state index >= 15 is 0 Å². The standard InChI is InChI=1S/C25H30ClN3O5S/c1-3-5-15-27-24(31)21(4-2)28(17-18-10-6-8-12-20(18)26)23(30)14-16-29-25(32)19-11-7-9-13-22(19)35(29,33)34/h6-13,21H,3-5,14-17H2,1-2H3,(H,27,31)/t21-/m0/s1. The van der Waals surface area contributed by atoms with Crippen molar-refractivity contribution >= 4 is 39.3 Å². The second kappa shape index (κ2) is 11.7. The van der Waals surface area contributed by atoms with Gasteiger partial charge < -0.3 is 10.2 Å². The molecule has 0 bridgehead atoms. The molecule has 8 nitrogen and oxygen atoms in total. The first kappa shape index (κ1) is 26.7. The summed E-state index contributed by atoms with van der Waals surface area (Å²) < 4.78 is 26.4. The molecule has 35 heavy (non-hydrogen) atoms. The van der Waals surface area contributed by atoms with Crippen LogP contribution in [-0.4, -0.2) is 54.5 Å². The number of unbranched alkanes of at least 4 members (excludes halogenated alkanes) is 1. The van der Waals surface area contributed by atoms with Gasteiger partial charge in [-0.25, -0.2) is 12.7 Å². The molecule has 0 saturated carbocycles. The Morgan fingerprint density at radius 2 is 1.77 bits per heavy atom. The minimum atomic E-state index is -4.03. The van der Waals surface area contributed by atoms with Crippen LogP contribution < -0.4 is 5.32 Å². The fraction of sp³-hybridized carbons (Fsp3) is 0.400. The number of benzene rings is 2. The van der Waals surface area contributed by atoms with Gasteiger partial charge in [-0.15, -0.1) is 0 Å². The van der Waals surface area contributed by atoms with Crippen LogP contribution in [0.25, 0.3) is 0 Å². The van der Waals surface area contributed by atoms with Crippen molar-refractivity contribution in [3.05, 3.63) is 64.7 Å². The molecule has 0 spiro atoms. The molecule has 0 saturated heterocycles. The maximum Gasteiger partial charge on any atom is 0.269 e. The van der Waals surface area contributed by atoms with Gasteiger partial charge in [-0.2, -0.15) is 0 Å². The predicted molar refractivity (Wildman–Crippen MR) is 133 cm³/mol. The summed E-state index contributed by atoms with van der Waals surface area (Å²) in [6, 6.07) is 12.2. The number of hydrogen-bond acceptors (Lipinski definition) is 5. The summed E-state index contributed by atoms with van der Waals surface area (Å²) in [5.41, 5.74) is 0.759. The van der Waals surface area contributed by atoms with Crippen LogP contribution in [0.1, 0.15) is 55.5 Å². The normalized spacial score (nSPS) is 14.9. The number of sulfonamides is 1. The van der Waals surface area contributed by atoms with E-state index in [1.165, 1.54) is 17.0 Å². The van der Waals surface area contributed by atoms with Crippen molar-refractivity contribution in [1.29, 1.82) is 0 Å². The second-order valence-electron chi connectivity index (χ2n) is 8.31. The Hall–Kier alpha value is -2.91. The number of amides is 3. The van der Waals surface area contributed by atoms with E-state index in [-0.39, 0.29) is 35.9 Å². The molecule has 0 unspecified atom stereocenters. The highest BCUT2D eigenvalue weighted by atomic mass is 35.5. The molecule has 1 N–H and O–H groups in total. The number of halogens is 1. The van der Waals surface area contributed by atoms with Gasteiger partial charge in [-0.1, -0.05) is 62.2 Å². The monoisotopic (exact) mass is 519 g/mol. The van der Waals surface area contributed by atoms with E-state index < -0.39 is 27.9 Å². The minimum Gasteiger partial charge on any atom is -0.354 e. The molecule has 1 heterocycles. The second-order valence-corrected chi connectivity index (χ2v) is 10.5. The lowest BCUT2D eigenvalue weighted by atomic mass is 10.1. The smallest absolute Gasteiger partial charge is 0.269 e. The highest BCUT2D eigenvalue weighted by molar-refractivity contribution is 7.90. The van der Waals surface area contributed by atoms with Crippen molar-refractivity contribution in [3.8, 4) is 0 Å². The molecular weight excluding hydrogens is 490 g/mol. The van der Waals surface area contributed by atoms with E-state index in [2.05, 4.69) is 5.32 Å². The van der Waals surface area contributed by atoms with Crippen molar-refractivity contribution < 1.29 is 22.8 Å². The van der Waals surface area contributed by atoms with Crippen LogP contribution in [-0.2, 0) is 26.2 Å². The van der Waals surface area contributed by atoms with E-state index in [9.17, 15) is 22.8 Å². The SMILES string of the molecule is CCCCNC(=O)[C@H](CC)N(Cc1ccccc1Cl)C(=O)CCN1C(=O)c2ccccc2S1(=O)=O. The molecule has 0 radical (unpaired) electrons. The Morgan fingerprint density at radius 3 is 2.43 bits per heavy atom. The molecule has 1 aliphatic rings. The van der Waals surface area contributed by atoms with Crippen LogP contribution in [0, 0.1) is 0 Å². The molecule has 0 aromatic heterocycles. The van der Waals surface area contributed by atoms with E-state index in [4.69, 9.17) is 11.6 Å². The number of fused-ring (bicyclic) bond motifs is 1. The van der Waals surface area contributed by atoms with Gasteiger partial charge in [0.2, 0.25) is 11.8 Å². The summed E-state index contributed by atoms with van der Waals surface area (Å²) in [5, 5.41) is 3.33. The van der Waals surface area contributed by atoms with Crippen molar-refractivity contribution in [2.75, 3.05) is 13.1 Å². The van der Waals surface area contributed by atoms with E-state index in [0.29, 0.717) is 23.6 Å². The number of nitrogens with zero attached hydrogens (tertiary/aromatic N) is 2. The Kier molecular flexibility index (Phi) is 8.91. The van der Waals surface area contributed by atoms with Crippen molar-refractivity contribution in [2.24, 2.45) is 0 Å². The summed E-state index contributed by atoms with van der Waals surface area (Å²) in [6.07, 6.45) is 1.83. The third-order valence-corrected chi connectivity index (χ3v) is 8.16. The summed E-state index contributed by atoms with van der Waals surface area (Å²) in [6.45, 7) is 4.09. The summed E-state index contributed by atoms with van der Waals surface area (Å²) in [5.74, 6) is -1.38. The summed E-state index contributed by atoms with van der Waals surface area (Å²) in [7, 11) is -4.03. The zero-order valence-electron chi connectivity index (χ0n) is 19.9. The van der Waals surface area contributed by atoms with E-state index in [0.717, 1.165) is 17.1 Å². The number of rotatable bonds is 11. The Bertz CT molecular complexity index is 1200. The molecular formula is C25H30ClN3O5S. The number of hydrogen-bond donors (Lipinski definition) is 1. The van der Waals surface area contributed by atoms with Gasteiger partial charge in [0.05, 0.1) is 5.56 Å². The highest BCUT2D eigenvalue weighted by Crippen LogP contribution is 2.30. The van der Waals surface area contributed by atoms with Crippen LogP contribution in [0.5, 0.6) is 0 Å². The minimum absolute atomic E-state index is 0.0629. The quantitative estimate of drug-likeness (QED) is 0.457.